The van der Waals surface area contributed by atoms with Crippen molar-refractivity contribution in [2.24, 2.45) is 5.41 Å². The maximum atomic E-state index is 12.3. The van der Waals surface area contributed by atoms with Crippen molar-refractivity contribution < 1.29 is 14.7 Å². The Bertz CT molecular complexity index is 549. The molecular formula is C14H20N4O3. The second-order valence-corrected chi connectivity index (χ2v) is 5.76. The standard InChI is InChI=1S/C14H20N4O3/c1-10(2)4-6-14(13(20)21)5-3-7-18(9-14)12(19)11-8-15-17-16-11/h4,8H,3,5-7,9H2,1-2H3,(H,20,21)(H,15,16,17)/t14-/m1/s1. The summed E-state index contributed by atoms with van der Waals surface area (Å²) in [5, 5.41) is 19.4. The van der Waals surface area contributed by atoms with E-state index in [0.717, 1.165) is 5.57 Å². The molecule has 0 aliphatic carbocycles. The monoisotopic (exact) mass is 292 g/mol. The van der Waals surface area contributed by atoms with Gasteiger partial charge in [-0.05, 0) is 33.1 Å². The maximum absolute atomic E-state index is 12.3. The fraction of sp³-hybridized carbons (Fsp3) is 0.571. The molecule has 0 unspecified atom stereocenters. The summed E-state index contributed by atoms with van der Waals surface area (Å²) in [7, 11) is 0. The Morgan fingerprint density at radius 1 is 1.52 bits per heavy atom. The smallest absolute Gasteiger partial charge is 0.311 e. The quantitative estimate of drug-likeness (QED) is 0.819. The first kappa shape index (κ1) is 15.2. The van der Waals surface area contributed by atoms with E-state index in [0.29, 0.717) is 25.8 Å². The van der Waals surface area contributed by atoms with Gasteiger partial charge in [0, 0.05) is 13.1 Å². The molecule has 0 radical (unpaired) electrons. The van der Waals surface area contributed by atoms with Gasteiger partial charge in [0.1, 0.15) is 0 Å². The average Bonchev–Trinajstić information content (AvgIpc) is 2.98. The second kappa shape index (κ2) is 6.07. The number of aromatic amines is 1. The van der Waals surface area contributed by atoms with Crippen LogP contribution >= 0.6 is 0 Å². The number of allylic oxidation sites excluding steroid dienone is 2. The number of carboxylic acids is 1. The van der Waals surface area contributed by atoms with Crippen LogP contribution in [0.1, 0.15) is 43.6 Å². The highest BCUT2D eigenvalue weighted by Gasteiger charge is 2.43. The highest BCUT2D eigenvalue weighted by atomic mass is 16.4. The van der Waals surface area contributed by atoms with Gasteiger partial charge in [-0.1, -0.05) is 11.6 Å². The van der Waals surface area contributed by atoms with Crippen LogP contribution in [0.4, 0.5) is 0 Å². The molecule has 0 spiro atoms. The third-order valence-electron chi connectivity index (χ3n) is 3.85. The van der Waals surface area contributed by atoms with E-state index in [9.17, 15) is 14.7 Å². The number of carboxylic acid groups (broad SMARTS) is 1. The summed E-state index contributed by atoms with van der Waals surface area (Å²) in [6.45, 7) is 4.64. The molecule has 1 atom stereocenters. The molecule has 1 aromatic rings. The lowest BCUT2D eigenvalue weighted by Gasteiger charge is -2.39. The van der Waals surface area contributed by atoms with E-state index >= 15 is 0 Å². The fourth-order valence-electron chi connectivity index (χ4n) is 2.60. The summed E-state index contributed by atoms with van der Waals surface area (Å²) < 4.78 is 0. The van der Waals surface area contributed by atoms with Crippen LogP contribution in [0, 0.1) is 5.41 Å². The Kier molecular flexibility index (Phi) is 4.40. The predicted molar refractivity (Wildman–Crippen MR) is 75.6 cm³/mol. The van der Waals surface area contributed by atoms with E-state index in [1.807, 2.05) is 19.9 Å². The number of H-pyrrole nitrogens is 1. The molecule has 7 nitrogen and oxygen atoms in total. The largest absolute Gasteiger partial charge is 0.481 e. The van der Waals surface area contributed by atoms with Gasteiger partial charge in [-0.3, -0.25) is 9.59 Å². The van der Waals surface area contributed by atoms with Crippen molar-refractivity contribution in [3.63, 3.8) is 0 Å². The number of hydrogen-bond acceptors (Lipinski definition) is 4. The van der Waals surface area contributed by atoms with Crippen LogP contribution in [-0.4, -0.2) is 50.4 Å². The molecule has 21 heavy (non-hydrogen) atoms. The molecule has 1 aliphatic heterocycles. The van der Waals surface area contributed by atoms with E-state index in [2.05, 4.69) is 15.4 Å². The Labute approximate surface area is 123 Å². The number of carbonyl (C=O) groups excluding carboxylic acids is 1. The zero-order valence-corrected chi connectivity index (χ0v) is 12.3. The summed E-state index contributed by atoms with van der Waals surface area (Å²) in [6.07, 6.45) is 4.97. The van der Waals surface area contributed by atoms with Crippen molar-refractivity contribution in [1.82, 2.24) is 20.3 Å². The number of likely N-dealkylation sites (tertiary alicyclic amines) is 1. The first-order valence-electron chi connectivity index (χ1n) is 6.96. The van der Waals surface area contributed by atoms with E-state index in [1.54, 1.807) is 4.90 Å². The molecule has 2 heterocycles. The summed E-state index contributed by atoms with van der Waals surface area (Å²) >= 11 is 0. The Balaban J connectivity index is 2.18. The second-order valence-electron chi connectivity index (χ2n) is 5.76. The number of nitrogens with one attached hydrogen (secondary N) is 1. The van der Waals surface area contributed by atoms with Gasteiger partial charge in [-0.15, -0.1) is 0 Å². The SMILES string of the molecule is CC(C)=CC[C@]1(C(=O)O)CCCN(C(=O)c2cn[nH]n2)C1. The minimum atomic E-state index is -0.908. The molecule has 1 saturated heterocycles. The van der Waals surface area contributed by atoms with E-state index in [4.69, 9.17) is 0 Å². The number of hydrogen-bond donors (Lipinski definition) is 2. The van der Waals surface area contributed by atoms with Crippen molar-refractivity contribution in [2.45, 2.75) is 33.1 Å². The predicted octanol–water partition coefficient (Wildman–Crippen LogP) is 1.47. The molecule has 1 amide bonds. The zero-order valence-electron chi connectivity index (χ0n) is 12.3. The van der Waals surface area contributed by atoms with Crippen molar-refractivity contribution in [1.29, 1.82) is 0 Å². The maximum Gasteiger partial charge on any atom is 0.311 e. The molecule has 1 aliphatic rings. The molecule has 2 rings (SSSR count). The minimum Gasteiger partial charge on any atom is -0.481 e. The van der Waals surface area contributed by atoms with Crippen LogP contribution < -0.4 is 0 Å². The summed E-state index contributed by atoms with van der Waals surface area (Å²) in [6, 6.07) is 0. The third kappa shape index (κ3) is 3.29. The molecule has 2 N–H and O–H groups in total. The lowest BCUT2D eigenvalue weighted by molar-refractivity contribution is -0.151. The molecule has 1 fully saturated rings. The van der Waals surface area contributed by atoms with Crippen LogP contribution in [-0.2, 0) is 4.79 Å². The van der Waals surface area contributed by atoms with Gasteiger partial charge in [-0.2, -0.15) is 15.4 Å². The third-order valence-corrected chi connectivity index (χ3v) is 3.85. The number of nitrogens with zero attached hydrogens (tertiary/aromatic N) is 3. The Morgan fingerprint density at radius 2 is 2.29 bits per heavy atom. The lowest BCUT2D eigenvalue weighted by Crippen LogP contribution is -2.49. The van der Waals surface area contributed by atoms with Gasteiger partial charge >= 0.3 is 5.97 Å². The first-order chi connectivity index (χ1) is 9.94. The number of piperidine rings is 1. The molecule has 114 valence electrons. The fourth-order valence-corrected chi connectivity index (χ4v) is 2.60. The summed E-state index contributed by atoms with van der Waals surface area (Å²) in [4.78, 5) is 25.6. The van der Waals surface area contributed by atoms with Gasteiger partial charge in [0.15, 0.2) is 5.69 Å². The number of rotatable bonds is 4. The van der Waals surface area contributed by atoms with Crippen LogP contribution in [0.2, 0.25) is 0 Å². The van der Waals surface area contributed by atoms with E-state index in [-0.39, 0.29) is 18.1 Å². The van der Waals surface area contributed by atoms with Gasteiger partial charge in [0.2, 0.25) is 0 Å². The minimum absolute atomic E-state index is 0.206. The van der Waals surface area contributed by atoms with Gasteiger partial charge in [-0.25, -0.2) is 0 Å². The van der Waals surface area contributed by atoms with E-state index in [1.165, 1.54) is 6.20 Å². The van der Waals surface area contributed by atoms with E-state index < -0.39 is 11.4 Å². The highest BCUT2D eigenvalue weighted by molar-refractivity contribution is 5.92. The van der Waals surface area contributed by atoms with Crippen LogP contribution in [0.5, 0.6) is 0 Å². The molecule has 0 bridgehead atoms. The van der Waals surface area contributed by atoms with Gasteiger partial charge < -0.3 is 10.0 Å². The number of amides is 1. The summed E-state index contributed by atoms with van der Waals surface area (Å²) in [5.74, 6) is -1.12. The molecule has 0 saturated carbocycles. The average molecular weight is 292 g/mol. The Hall–Kier alpha value is -2.18. The molecule has 7 heteroatoms. The van der Waals surface area contributed by atoms with Crippen LogP contribution in [0.15, 0.2) is 17.8 Å². The highest BCUT2D eigenvalue weighted by Crippen LogP contribution is 2.35. The van der Waals surface area contributed by atoms with Crippen molar-refractivity contribution in [2.75, 3.05) is 13.1 Å². The first-order valence-corrected chi connectivity index (χ1v) is 6.96. The van der Waals surface area contributed by atoms with Crippen molar-refractivity contribution in [3.8, 4) is 0 Å². The van der Waals surface area contributed by atoms with Gasteiger partial charge in [0.25, 0.3) is 5.91 Å². The topological polar surface area (TPSA) is 99.2 Å². The summed E-state index contributed by atoms with van der Waals surface area (Å²) in [5.41, 5.74) is 0.392. The number of aromatic nitrogens is 3. The molecule has 0 aromatic carbocycles. The zero-order chi connectivity index (χ0) is 15.5. The normalized spacial score (nSPS) is 21.9. The number of carbonyl (C=O) groups is 2. The number of aliphatic carboxylic acids is 1. The van der Waals surface area contributed by atoms with Crippen LogP contribution in [0.25, 0.3) is 0 Å². The van der Waals surface area contributed by atoms with Crippen molar-refractivity contribution >= 4 is 11.9 Å². The molecule has 1 aromatic heterocycles. The molecular weight excluding hydrogens is 272 g/mol. The van der Waals surface area contributed by atoms with Gasteiger partial charge in [0.05, 0.1) is 11.6 Å². The lowest BCUT2D eigenvalue weighted by atomic mass is 9.76. The van der Waals surface area contributed by atoms with Crippen LogP contribution in [0.3, 0.4) is 0 Å². The van der Waals surface area contributed by atoms with Crippen molar-refractivity contribution in [3.05, 3.63) is 23.5 Å². The Morgan fingerprint density at radius 3 is 2.86 bits per heavy atom.